The third-order valence-corrected chi connectivity index (χ3v) is 6.49. The van der Waals surface area contributed by atoms with Gasteiger partial charge in [0.15, 0.2) is 9.84 Å². The molecule has 1 aromatic rings. The second-order valence-electron chi connectivity index (χ2n) is 5.41. The summed E-state index contributed by atoms with van der Waals surface area (Å²) in [5, 5.41) is 7.71. The summed E-state index contributed by atoms with van der Waals surface area (Å²) >= 11 is 0. The van der Waals surface area contributed by atoms with Crippen LogP contribution in [0.25, 0.3) is 4.91 Å². The Hall–Kier alpha value is -1.75. The summed E-state index contributed by atoms with van der Waals surface area (Å²) in [6.45, 7) is 5.13. The van der Waals surface area contributed by atoms with Crippen LogP contribution in [0.15, 0.2) is 30.3 Å². The van der Waals surface area contributed by atoms with Gasteiger partial charge in [0.05, 0.1) is 9.65 Å². The molecule has 0 spiro atoms. The molecule has 0 unspecified atom stereocenters. The van der Waals surface area contributed by atoms with Gasteiger partial charge in [-0.2, -0.15) is 0 Å². The Balaban J connectivity index is 2.73. The van der Waals surface area contributed by atoms with Gasteiger partial charge in [-0.25, -0.2) is 8.42 Å². The summed E-state index contributed by atoms with van der Waals surface area (Å²) in [4.78, 5) is 12.0. The molecule has 1 N–H and O–H groups in total. The lowest BCUT2D eigenvalue weighted by Gasteiger charge is -2.27. The molecule has 1 aliphatic carbocycles. The molecule has 0 aromatic heterocycles. The van der Waals surface area contributed by atoms with Gasteiger partial charge >= 0.3 is 0 Å². The minimum absolute atomic E-state index is 0.0737. The summed E-state index contributed by atoms with van der Waals surface area (Å²) in [6.07, 6.45) is 1.63. The van der Waals surface area contributed by atoms with Crippen molar-refractivity contribution in [2.75, 3.05) is 0 Å². The van der Waals surface area contributed by atoms with Crippen molar-refractivity contribution in [3.8, 4) is 0 Å². The highest BCUT2D eigenvalue weighted by molar-refractivity contribution is 8.01. The zero-order chi connectivity index (χ0) is 15.1. The lowest BCUT2D eigenvalue weighted by molar-refractivity contribution is 0.106. The van der Waals surface area contributed by atoms with Gasteiger partial charge in [-0.3, -0.25) is 10.2 Å². The first-order valence-electron chi connectivity index (χ1n) is 6.41. The minimum atomic E-state index is -3.61. The van der Waals surface area contributed by atoms with E-state index in [4.69, 9.17) is 5.41 Å². The Morgan fingerprint density at radius 3 is 2.25 bits per heavy atom. The molecule has 20 heavy (non-hydrogen) atoms. The number of carbonyl (C=O) groups is 1. The molecule has 0 amide bonds. The van der Waals surface area contributed by atoms with Gasteiger partial charge in [-0.1, -0.05) is 31.2 Å². The molecule has 0 aliphatic heterocycles. The van der Waals surface area contributed by atoms with Gasteiger partial charge in [0.1, 0.15) is 5.71 Å². The Kier molecular flexibility index (Phi) is 3.42. The second kappa shape index (κ2) is 4.66. The number of allylic oxidation sites excluding steroid dienone is 1. The molecule has 2 rings (SSSR count). The first-order valence-corrected chi connectivity index (χ1v) is 7.89. The quantitative estimate of drug-likeness (QED) is 0.930. The minimum Gasteiger partial charge on any atom is -0.297 e. The number of nitrogens with one attached hydrogen (secondary N) is 1. The van der Waals surface area contributed by atoms with Gasteiger partial charge in [0.25, 0.3) is 0 Å². The van der Waals surface area contributed by atoms with E-state index in [0.717, 1.165) is 0 Å². The number of hydrogen-bond donors (Lipinski definition) is 1. The van der Waals surface area contributed by atoms with E-state index in [1.54, 1.807) is 38.1 Å². The van der Waals surface area contributed by atoms with Crippen molar-refractivity contribution in [1.82, 2.24) is 0 Å². The first kappa shape index (κ1) is 14.7. The van der Waals surface area contributed by atoms with Crippen LogP contribution in [0.2, 0.25) is 0 Å². The van der Waals surface area contributed by atoms with Crippen molar-refractivity contribution in [2.45, 2.75) is 31.9 Å². The highest BCUT2D eigenvalue weighted by Crippen LogP contribution is 2.36. The molecule has 0 saturated carbocycles. The summed E-state index contributed by atoms with van der Waals surface area (Å²) in [5.74, 6) is -0.436. The van der Waals surface area contributed by atoms with Gasteiger partial charge in [0, 0.05) is 11.1 Å². The number of fused-ring (bicyclic) bond motifs is 1. The van der Waals surface area contributed by atoms with E-state index < -0.39 is 20.4 Å². The molecule has 1 aliphatic rings. The monoisotopic (exact) mass is 291 g/mol. The molecule has 1 aromatic carbocycles. The number of Topliss-reactive ketones (excluding diaryl/α,β-unsaturated/α-hetero) is 1. The van der Waals surface area contributed by atoms with Gasteiger partial charge in [-0.05, 0) is 26.3 Å². The van der Waals surface area contributed by atoms with E-state index in [2.05, 4.69) is 0 Å². The number of carbonyl (C=O) groups excluding carboxylic acids is 1. The fourth-order valence-corrected chi connectivity index (χ4v) is 3.74. The molecule has 0 bridgehead atoms. The van der Waals surface area contributed by atoms with E-state index in [9.17, 15) is 13.2 Å². The number of benzene rings is 1. The van der Waals surface area contributed by atoms with Crippen LogP contribution in [0.5, 0.6) is 0 Å². The van der Waals surface area contributed by atoms with Crippen molar-refractivity contribution in [1.29, 1.82) is 5.41 Å². The summed E-state index contributed by atoms with van der Waals surface area (Å²) in [7, 11) is -3.61. The van der Waals surface area contributed by atoms with Gasteiger partial charge in [0.2, 0.25) is 5.78 Å². The molecule has 0 fully saturated rings. The Morgan fingerprint density at radius 1 is 1.15 bits per heavy atom. The highest BCUT2D eigenvalue weighted by Gasteiger charge is 2.39. The third-order valence-electron chi connectivity index (χ3n) is 3.83. The van der Waals surface area contributed by atoms with E-state index in [0.29, 0.717) is 12.0 Å². The average molecular weight is 291 g/mol. The predicted molar refractivity (Wildman–Crippen MR) is 79.8 cm³/mol. The molecule has 0 radical (unpaired) electrons. The number of hydrogen-bond acceptors (Lipinski definition) is 4. The molecule has 0 heterocycles. The Bertz CT molecular complexity index is 727. The van der Waals surface area contributed by atoms with Crippen LogP contribution in [0.4, 0.5) is 0 Å². The first-order chi connectivity index (χ1) is 9.22. The molecule has 0 saturated heterocycles. The smallest absolute Gasteiger partial charge is 0.211 e. The van der Waals surface area contributed by atoms with Crippen LogP contribution < -0.4 is 0 Å². The van der Waals surface area contributed by atoms with Crippen LogP contribution in [0, 0.1) is 5.41 Å². The maximum absolute atomic E-state index is 12.8. The van der Waals surface area contributed by atoms with Crippen molar-refractivity contribution in [3.63, 3.8) is 0 Å². The molecule has 0 atom stereocenters. The average Bonchev–Trinajstić information content (AvgIpc) is 2.42. The number of rotatable bonds is 3. The predicted octanol–water partition coefficient (Wildman–Crippen LogP) is 2.85. The molecule has 106 valence electrons. The normalized spacial score (nSPS) is 15.8. The van der Waals surface area contributed by atoms with Crippen molar-refractivity contribution < 1.29 is 13.2 Å². The molecule has 5 heteroatoms. The number of ketones is 1. The van der Waals surface area contributed by atoms with Crippen LogP contribution in [0.1, 0.15) is 43.1 Å². The van der Waals surface area contributed by atoms with Crippen molar-refractivity contribution in [3.05, 3.63) is 41.5 Å². The molecule has 4 nitrogen and oxygen atoms in total. The molecular weight excluding hydrogens is 274 g/mol. The van der Waals surface area contributed by atoms with Crippen LogP contribution in [-0.2, 0) is 9.84 Å². The fraction of sp³-hybridized carbons (Fsp3) is 0.333. The Morgan fingerprint density at radius 2 is 1.70 bits per heavy atom. The van der Waals surface area contributed by atoms with Gasteiger partial charge < -0.3 is 0 Å². The summed E-state index contributed by atoms with van der Waals surface area (Å²) in [5.41, 5.74) is 0.398. The van der Waals surface area contributed by atoms with Gasteiger partial charge in [-0.15, -0.1) is 0 Å². The van der Waals surface area contributed by atoms with Crippen molar-refractivity contribution >= 4 is 26.2 Å². The van der Waals surface area contributed by atoms with Crippen LogP contribution in [0.3, 0.4) is 0 Å². The summed E-state index contributed by atoms with van der Waals surface area (Å²) in [6, 6.07) is 6.55. The second-order valence-corrected chi connectivity index (χ2v) is 7.97. The van der Waals surface area contributed by atoms with E-state index >= 15 is 0 Å². The van der Waals surface area contributed by atoms with E-state index in [1.807, 2.05) is 6.92 Å². The van der Waals surface area contributed by atoms with E-state index in [-0.39, 0.29) is 16.2 Å². The lowest BCUT2D eigenvalue weighted by Crippen LogP contribution is -2.33. The summed E-state index contributed by atoms with van der Waals surface area (Å²) < 4.78 is 24.6. The largest absolute Gasteiger partial charge is 0.297 e. The van der Waals surface area contributed by atoms with Crippen LogP contribution >= 0.6 is 0 Å². The Labute approximate surface area is 118 Å². The maximum Gasteiger partial charge on any atom is 0.211 e. The van der Waals surface area contributed by atoms with Crippen LogP contribution in [-0.4, -0.2) is 24.7 Å². The molecular formula is C15H17NO3S. The topological polar surface area (TPSA) is 75.1 Å². The lowest BCUT2D eigenvalue weighted by atomic mass is 9.95. The third kappa shape index (κ3) is 2.02. The zero-order valence-electron chi connectivity index (χ0n) is 11.7. The number of sulfone groups is 1. The maximum atomic E-state index is 12.8. The van der Waals surface area contributed by atoms with E-state index in [1.165, 1.54) is 6.08 Å². The van der Waals surface area contributed by atoms with Crippen molar-refractivity contribution in [2.24, 2.45) is 0 Å². The fourth-order valence-electron chi connectivity index (χ4n) is 2.03. The SMILES string of the molecule is CCC(C)(C)S(=O)(=O)C1=CC(=N)C(=O)c2ccccc21. The zero-order valence-corrected chi connectivity index (χ0v) is 12.5. The highest BCUT2D eigenvalue weighted by atomic mass is 32.2. The standard InChI is InChI=1S/C15H17NO3S/c1-4-15(2,3)20(18,19)13-9-12(16)14(17)11-8-6-5-7-10(11)13/h5-9,16H,4H2,1-3H3.